The summed E-state index contributed by atoms with van der Waals surface area (Å²) in [6.07, 6.45) is 1.62. The Kier molecular flexibility index (Phi) is 5.39. The Morgan fingerprint density at radius 3 is 2.90 bits per heavy atom. The Hall–Kier alpha value is -2.28. The summed E-state index contributed by atoms with van der Waals surface area (Å²) in [5.74, 6) is 2.07. The second-order valence-corrected chi connectivity index (χ2v) is 5.30. The maximum atomic E-state index is 11.8. The van der Waals surface area contributed by atoms with Gasteiger partial charge in [0.15, 0.2) is 0 Å². The van der Waals surface area contributed by atoms with Crippen LogP contribution < -0.4 is 5.32 Å². The van der Waals surface area contributed by atoms with Crippen molar-refractivity contribution in [2.45, 2.75) is 5.75 Å². The molecular weight excluding hydrogens is 292 g/mol. The molecule has 110 valence electrons. The summed E-state index contributed by atoms with van der Waals surface area (Å²) >= 11 is 1.64. The second-order valence-electron chi connectivity index (χ2n) is 4.20. The maximum Gasteiger partial charge on any atom is 0.270 e. The monoisotopic (exact) mass is 306 g/mol. The molecule has 6 nitrogen and oxygen atoms in total. The Morgan fingerprint density at radius 1 is 1.33 bits per heavy atom. The molecule has 0 aliphatic carbocycles. The zero-order valence-electron chi connectivity index (χ0n) is 11.2. The van der Waals surface area contributed by atoms with Gasteiger partial charge in [0.2, 0.25) is 0 Å². The van der Waals surface area contributed by atoms with Crippen LogP contribution in [0.2, 0.25) is 0 Å². The van der Waals surface area contributed by atoms with E-state index >= 15 is 0 Å². The number of non-ortho nitro benzene ring substituents is 1. The number of nitro groups is 1. The van der Waals surface area contributed by atoms with E-state index < -0.39 is 4.92 Å². The highest BCUT2D eigenvalue weighted by atomic mass is 32.2. The molecule has 0 atom stereocenters. The highest BCUT2D eigenvalue weighted by Gasteiger charge is 2.10. The fourth-order valence-corrected chi connectivity index (χ4v) is 2.42. The number of carbonyl (C=O) groups is 1. The molecule has 0 aliphatic rings. The first-order valence-corrected chi connectivity index (χ1v) is 7.45. The van der Waals surface area contributed by atoms with Gasteiger partial charge in [0.05, 0.1) is 16.9 Å². The van der Waals surface area contributed by atoms with Gasteiger partial charge in [-0.25, -0.2) is 0 Å². The van der Waals surface area contributed by atoms with Crippen molar-refractivity contribution >= 4 is 23.4 Å². The van der Waals surface area contributed by atoms with E-state index in [1.54, 1.807) is 24.1 Å². The number of amides is 1. The summed E-state index contributed by atoms with van der Waals surface area (Å²) in [7, 11) is 0. The van der Waals surface area contributed by atoms with Crippen LogP contribution in [0.3, 0.4) is 0 Å². The van der Waals surface area contributed by atoms with Crippen molar-refractivity contribution < 1.29 is 14.1 Å². The third kappa shape index (κ3) is 4.64. The molecule has 1 aromatic heterocycles. The highest BCUT2D eigenvalue weighted by Crippen LogP contribution is 2.13. The van der Waals surface area contributed by atoms with Crippen LogP contribution in [0.4, 0.5) is 5.69 Å². The van der Waals surface area contributed by atoms with Crippen LogP contribution in [0.5, 0.6) is 0 Å². The van der Waals surface area contributed by atoms with Crippen LogP contribution in [0.1, 0.15) is 16.1 Å². The average molecular weight is 306 g/mol. The number of furan rings is 1. The molecule has 0 unspecified atom stereocenters. The maximum absolute atomic E-state index is 11.8. The average Bonchev–Trinajstić information content (AvgIpc) is 3.00. The molecule has 0 fully saturated rings. The molecule has 21 heavy (non-hydrogen) atoms. The van der Waals surface area contributed by atoms with Crippen LogP contribution in [0.25, 0.3) is 0 Å². The summed E-state index contributed by atoms with van der Waals surface area (Å²) in [4.78, 5) is 22.0. The van der Waals surface area contributed by atoms with Gasteiger partial charge in [-0.15, -0.1) is 0 Å². The van der Waals surface area contributed by atoms with Gasteiger partial charge in [0, 0.05) is 30.0 Å². The van der Waals surface area contributed by atoms with E-state index in [2.05, 4.69) is 5.32 Å². The number of carbonyl (C=O) groups excluding carboxylic acids is 1. The van der Waals surface area contributed by atoms with Gasteiger partial charge < -0.3 is 9.73 Å². The van der Waals surface area contributed by atoms with Crippen LogP contribution in [0.15, 0.2) is 47.1 Å². The van der Waals surface area contributed by atoms with E-state index in [1.165, 1.54) is 18.2 Å². The van der Waals surface area contributed by atoms with E-state index in [-0.39, 0.29) is 11.6 Å². The first-order valence-electron chi connectivity index (χ1n) is 6.29. The lowest BCUT2D eigenvalue weighted by molar-refractivity contribution is -0.384. The number of nitrogens with zero attached hydrogens (tertiary/aromatic N) is 1. The van der Waals surface area contributed by atoms with Gasteiger partial charge in [-0.1, -0.05) is 6.07 Å². The molecule has 0 spiro atoms. The Balaban J connectivity index is 1.74. The number of rotatable bonds is 7. The lowest BCUT2D eigenvalue weighted by atomic mass is 10.2. The van der Waals surface area contributed by atoms with Crippen molar-refractivity contribution in [3.8, 4) is 0 Å². The summed E-state index contributed by atoms with van der Waals surface area (Å²) in [5.41, 5.74) is 0.204. The lowest BCUT2D eigenvalue weighted by Gasteiger charge is -2.04. The fourth-order valence-electron chi connectivity index (χ4n) is 1.67. The first-order chi connectivity index (χ1) is 10.2. The minimum atomic E-state index is -0.518. The standard InChI is InChI=1S/C14H14N2O4S/c17-14(11-3-1-4-12(9-11)16(18)19)15-6-8-21-10-13-5-2-7-20-13/h1-5,7,9H,6,8,10H2,(H,15,17). The molecule has 1 aromatic carbocycles. The van der Waals surface area contributed by atoms with Gasteiger partial charge in [-0.05, 0) is 18.2 Å². The molecule has 1 N–H and O–H groups in total. The molecule has 0 radical (unpaired) electrons. The zero-order valence-corrected chi connectivity index (χ0v) is 12.0. The molecule has 0 saturated carbocycles. The fraction of sp³-hybridized carbons (Fsp3) is 0.214. The zero-order chi connectivity index (χ0) is 15.1. The van der Waals surface area contributed by atoms with Crippen LogP contribution in [0, 0.1) is 10.1 Å². The van der Waals surface area contributed by atoms with E-state index in [4.69, 9.17) is 4.42 Å². The minimum absolute atomic E-state index is 0.0881. The minimum Gasteiger partial charge on any atom is -0.468 e. The van der Waals surface area contributed by atoms with Crippen molar-refractivity contribution in [1.82, 2.24) is 5.32 Å². The SMILES string of the molecule is O=C(NCCSCc1ccco1)c1cccc([N+](=O)[O-])c1. The molecule has 1 amide bonds. The van der Waals surface area contributed by atoms with Gasteiger partial charge in [-0.3, -0.25) is 14.9 Å². The molecule has 7 heteroatoms. The molecule has 0 bridgehead atoms. The number of hydrogen-bond donors (Lipinski definition) is 1. The number of nitrogens with one attached hydrogen (secondary N) is 1. The Morgan fingerprint density at radius 2 is 2.19 bits per heavy atom. The molecule has 2 rings (SSSR count). The van der Waals surface area contributed by atoms with E-state index in [1.807, 2.05) is 12.1 Å². The van der Waals surface area contributed by atoms with Crippen molar-refractivity contribution in [2.75, 3.05) is 12.3 Å². The Labute approximate surface area is 125 Å². The topological polar surface area (TPSA) is 85.4 Å². The third-order valence-electron chi connectivity index (χ3n) is 2.68. The second kappa shape index (κ2) is 7.49. The summed E-state index contributed by atoms with van der Waals surface area (Å²) in [6.45, 7) is 0.493. The van der Waals surface area contributed by atoms with Gasteiger partial charge >= 0.3 is 0 Å². The highest BCUT2D eigenvalue weighted by molar-refractivity contribution is 7.98. The summed E-state index contributed by atoms with van der Waals surface area (Å²) in [6, 6.07) is 9.41. The van der Waals surface area contributed by atoms with E-state index in [9.17, 15) is 14.9 Å². The first kappa shape index (κ1) is 15.1. The molecule has 1 heterocycles. The normalized spacial score (nSPS) is 10.3. The smallest absolute Gasteiger partial charge is 0.270 e. The predicted octanol–water partition coefficient (Wildman–Crippen LogP) is 2.85. The van der Waals surface area contributed by atoms with Gasteiger partial charge in [-0.2, -0.15) is 11.8 Å². The third-order valence-corrected chi connectivity index (χ3v) is 3.66. The van der Waals surface area contributed by atoms with E-state index in [0.717, 1.165) is 17.3 Å². The van der Waals surface area contributed by atoms with Crippen molar-refractivity contribution in [1.29, 1.82) is 0 Å². The molecule has 2 aromatic rings. The van der Waals surface area contributed by atoms with Crippen molar-refractivity contribution in [3.05, 3.63) is 64.1 Å². The number of benzene rings is 1. The Bertz CT molecular complexity index is 613. The molecular formula is C14H14N2O4S. The van der Waals surface area contributed by atoms with Crippen LogP contribution in [-0.2, 0) is 5.75 Å². The van der Waals surface area contributed by atoms with Crippen LogP contribution in [-0.4, -0.2) is 23.1 Å². The van der Waals surface area contributed by atoms with Gasteiger partial charge in [0.1, 0.15) is 5.76 Å². The quantitative estimate of drug-likeness (QED) is 0.483. The van der Waals surface area contributed by atoms with Crippen molar-refractivity contribution in [2.24, 2.45) is 0 Å². The largest absolute Gasteiger partial charge is 0.468 e. The predicted molar refractivity (Wildman–Crippen MR) is 80.3 cm³/mol. The van der Waals surface area contributed by atoms with Crippen LogP contribution >= 0.6 is 11.8 Å². The number of thioether (sulfide) groups is 1. The number of nitro benzene ring substituents is 1. The van der Waals surface area contributed by atoms with Gasteiger partial charge in [0.25, 0.3) is 11.6 Å². The molecule has 0 aliphatic heterocycles. The number of hydrogen-bond acceptors (Lipinski definition) is 5. The van der Waals surface area contributed by atoms with E-state index in [0.29, 0.717) is 12.1 Å². The lowest BCUT2D eigenvalue weighted by Crippen LogP contribution is -2.25. The van der Waals surface area contributed by atoms with Crippen molar-refractivity contribution in [3.63, 3.8) is 0 Å². The summed E-state index contributed by atoms with van der Waals surface area (Å²) < 4.78 is 5.19. The molecule has 0 saturated heterocycles. The summed E-state index contributed by atoms with van der Waals surface area (Å²) in [5, 5.41) is 13.4.